The molecule has 2 rings (SSSR count). The molecule has 0 unspecified atom stereocenters. The number of anilines is 1. The van der Waals surface area contributed by atoms with E-state index in [0.717, 1.165) is 20.6 Å². The lowest BCUT2D eigenvalue weighted by Crippen LogP contribution is -2.26. The zero-order valence-corrected chi connectivity index (χ0v) is 12.9. The molecule has 0 saturated heterocycles. The minimum Gasteiger partial charge on any atom is -0.310 e. The van der Waals surface area contributed by atoms with Gasteiger partial charge in [0, 0.05) is 17.2 Å². The lowest BCUT2D eigenvalue weighted by molar-refractivity contribution is 0.0996. The van der Waals surface area contributed by atoms with Crippen LogP contribution in [0.15, 0.2) is 34.1 Å². The molecule has 1 aromatic heterocycles. The molecule has 0 aliphatic heterocycles. The molecule has 0 radical (unpaired) electrons. The van der Waals surface area contributed by atoms with E-state index in [9.17, 15) is 4.79 Å². The highest BCUT2D eigenvalue weighted by Crippen LogP contribution is 2.27. The summed E-state index contributed by atoms with van der Waals surface area (Å²) in [6.07, 6.45) is 0. The first-order chi connectivity index (χ1) is 8.50. The highest BCUT2D eigenvalue weighted by Gasteiger charge is 2.18. The summed E-state index contributed by atoms with van der Waals surface area (Å²) in [4.78, 5) is 14.8. The Kier molecular flexibility index (Phi) is 3.88. The van der Waals surface area contributed by atoms with Gasteiger partial charge in [-0.3, -0.25) is 4.79 Å². The van der Waals surface area contributed by atoms with Gasteiger partial charge in [0.1, 0.15) is 4.88 Å². The molecule has 4 heteroatoms. The molecule has 2 nitrogen and oxygen atoms in total. The van der Waals surface area contributed by atoms with Gasteiger partial charge >= 0.3 is 0 Å². The maximum absolute atomic E-state index is 12.4. The number of aryl methyl sites for hydroxylation is 2. The van der Waals surface area contributed by atoms with Gasteiger partial charge in [-0.25, -0.2) is 0 Å². The van der Waals surface area contributed by atoms with E-state index >= 15 is 0 Å². The SMILES string of the molecule is Cc1ccc(N(C)C(=O)c2sccc2Br)c(C)c1. The van der Waals surface area contributed by atoms with Crippen molar-refractivity contribution in [2.24, 2.45) is 0 Å². The fourth-order valence-electron chi connectivity index (χ4n) is 1.89. The molecule has 0 saturated carbocycles. The van der Waals surface area contributed by atoms with Crippen molar-refractivity contribution in [3.63, 3.8) is 0 Å². The average Bonchev–Trinajstić information content (AvgIpc) is 2.74. The van der Waals surface area contributed by atoms with Crippen LogP contribution in [0.2, 0.25) is 0 Å². The van der Waals surface area contributed by atoms with Crippen molar-refractivity contribution < 1.29 is 4.79 Å². The Balaban J connectivity index is 2.34. The molecule has 0 atom stereocenters. The van der Waals surface area contributed by atoms with Gasteiger partial charge < -0.3 is 4.90 Å². The highest BCUT2D eigenvalue weighted by atomic mass is 79.9. The van der Waals surface area contributed by atoms with Gasteiger partial charge in [-0.05, 0) is 52.9 Å². The molecule has 1 aromatic carbocycles. The Morgan fingerprint density at radius 3 is 2.56 bits per heavy atom. The number of carbonyl (C=O) groups is 1. The maximum atomic E-state index is 12.4. The number of rotatable bonds is 2. The third kappa shape index (κ3) is 2.49. The number of carbonyl (C=O) groups excluding carboxylic acids is 1. The Morgan fingerprint density at radius 1 is 1.28 bits per heavy atom. The van der Waals surface area contributed by atoms with Gasteiger partial charge in [0.25, 0.3) is 5.91 Å². The topological polar surface area (TPSA) is 20.3 Å². The lowest BCUT2D eigenvalue weighted by atomic mass is 10.1. The molecule has 0 aliphatic carbocycles. The summed E-state index contributed by atoms with van der Waals surface area (Å²) >= 11 is 4.85. The summed E-state index contributed by atoms with van der Waals surface area (Å²) in [7, 11) is 1.81. The quantitative estimate of drug-likeness (QED) is 0.801. The van der Waals surface area contributed by atoms with E-state index in [4.69, 9.17) is 0 Å². The third-order valence-electron chi connectivity index (χ3n) is 2.83. The predicted molar refractivity (Wildman–Crippen MR) is 80.7 cm³/mol. The molecule has 94 valence electrons. The van der Waals surface area contributed by atoms with E-state index in [0.29, 0.717) is 0 Å². The van der Waals surface area contributed by atoms with Crippen LogP contribution in [0.25, 0.3) is 0 Å². The van der Waals surface area contributed by atoms with Gasteiger partial charge in [-0.15, -0.1) is 11.3 Å². The van der Waals surface area contributed by atoms with E-state index in [1.165, 1.54) is 16.9 Å². The van der Waals surface area contributed by atoms with E-state index < -0.39 is 0 Å². The van der Waals surface area contributed by atoms with Crippen molar-refractivity contribution in [1.29, 1.82) is 0 Å². The van der Waals surface area contributed by atoms with Crippen molar-refractivity contribution in [1.82, 2.24) is 0 Å². The molecular formula is C14H14BrNOS. The van der Waals surface area contributed by atoms with Gasteiger partial charge in [-0.1, -0.05) is 17.7 Å². The number of benzene rings is 1. The Morgan fingerprint density at radius 2 is 2.00 bits per heavy atom. The molecule has 0 N–H and O–H groups in total. The number of thiophene rings is 1. The molecule has 0 fully saturated rings. The minimum atomic E-state index is 0.0174. The zero-order chi connectivity index (χ0) is 13.3. The van der Waals surface area contributed by atoms with Gasteiger partial charge in [-0.2, -0.15) is 0 Å². The van der Waals surface area contributed by atoms with Crippen molar-refractivity contribution in [3.05, 3.63) is 50.1 Å². The molecule has 1 heterocycles. The zero-order valence-electron chi connectivity index (χ0n) is 10.5. The van der Waals surface area contributed by atoms with Gasteiger partial charge in [0.2, 0.25) is 0 Å². The minimum absolute atomic E-state index is 0.0174. The molecule has 1 amide bonds. The second-order valence-corrected chi connectivity index (χ2v) is 6.02. The highest BCUT2D eigenvalue weighted by molar-refractivity contribution is 9.10. The van der Waals surface area contributed by atoms with E-state index in [2.05, 4.69) is 28.9 Å². The summed E-state index contributed by atoms with van der Waals surface area (Å²) in [5.74, 6) is 0.0174. The normalized spacial score (nSPS) is 10.4. The van der Waals surface area contributed by atoms with Crippen molar-refractivity contribution in [2.75, 3.05) is 11.9 Å². The van der Waals surface area contributed by atoms with Crippen LogP contribution in [-0.2, 0) is 0 Å². The van der Waals surface area contributed by atoms with Gasteiger partial charge in [0.05, 0.1) is 0 Å². The molecule has 0 aliphatic rings. The number of amides is 1. The maximum Gasteiger partial charge on any atom is 0.269 e. The van der Waals surface area contributed by atoms with Crippen LogP contribution in [0.5, 0.6) is 0 Å². The Hall–Kier alpha value is -1.13. The fraction of sp³-hybridized carbons (Fsp3) is 0.214. The van der Waals surface area contributed by atoms with Crippen molar-refractivity contribution in [2.45, 2.75) is 13.8 Å². The first-order valence-electron chi connectivity index (χ1n) is 5.59. The van der Waals surface area contributed by atoms with Crippen molar-refractivity contribution in [3.8, 4) is 0 Å². The fourth-order valence-corrected chi connectivity index (χ4v) is 3.41. The Bertz CT molecular complexity index is 591. The standard InChI is InChI=1S/C14H14BrNOS/c1-9-4-5-12(10(2)8-9)16(3)14(17)13-11(15)6-7-18-13/h4-8H,1-3H3. The van der Waals surface area contributed by atoms with Crippen LogP contribution < -0.4 is 4.90 Å². The first kappa shape index (κ1) is 13.3. The smallest absolute Gasteiger partial charge is 0.269 e. The van der Waals surface area contributed by atoms with Crippen LogP contribution in [0.1, 0.15) is 20.8 Å². The predicted octanol–water partition coefficient (Wildman–Crippen LogP) is 4.40. The largest absolute Gasteiger partial charge is 0.310 e. The summed E-state index contributed by atoms with van der Waals surface area (Å²) in [6.45, 7) is 4.07. The van der Waals surface area contributed by atoms with E-state index in [1.54, 1.807) is 4.90 Å². The first-order valence-corrected chi connectivity index (χ1v) is 7.26. The number of hydrogen-bond acceptors (Lipinski definition) is 2. The molecule has 0 bridgehead atoms. The van der Waals surface area contributed by atoms with Crippen LogP contribution in [-0.4, -0.2) is 13.0 Å². The average molecular weight is 324 g/mol. The Labute approximate surface area is 119 Å². The molecule has 2 aromatic rings. The molecule has 18 heavy (non-hydrogen) atoms. The summed E-state index contributed by atoms with van der Waals surface area (Å²) in [6, 6.07) is 8.00. The monoisotopic (exact) mass is 323 g/mol. The van der Waals surface area contributed by atoms with Crippen LogP contribution in [0, 0.1) is 13.8 Å². The van der Waals surface area contributed by atoms with E-state index in [1.807, 2.05) is 37.6 Å². The number of halogens is 1. The summed E-state index contributed by atoms with van der Waals surface area (Å²) < 4.78 is 0.856. The van der Waals surface area contributed by atoms with Crippen molar-refractivity contribution >= 4 is 38.9 Å². The van der Waals surface area contributed by atoms with Crippen LogP contribution in [0.3, 0.4) is 0 Å². The summed E-state index contributed by atoms with van der Waals surface area (Å²) in [5.41, 5.74) is 3.26. The second kappa shape index (κ2) is 5.24. The van der Waals surface area contributed by atoms with Gasteiger partial charge in [0.15, 0.2) is 0 Å². The van der Waals surface area contributed by atoms with E-state index in [-0.39, 0.29) is 5.91 Å². The number of hydrogen-bond donors (Lipinski definition) is 0. The van der Waals surface area contributed by atoms with Crippen LogP contribution >= 0.6 is 27.3 Å². The molecule has 0 spiro atoms. The third-order valence-corrected chi connectivity index (χ3v) is 4.66. The second-order valence-electron chi connectivity index (χ2n) is 4.25. The number of nitrogens with zero attached hydrogens (tertiary/aromatic N) is 1. The summed E-state index contributed by atoms with van der Waals surface area (Å²) in [5, 5.41) is 1.91. The van der Waals surface area contributed by atoms with Crippen LogP contribution in [0.4, 0.5) is 5.69 Å². The lowest BCUT2D eigenvalue weighted by Gasteiger charge is -2.19. The molecular weight excluding hydrogens is 310 g/mol.